The van der Waals surface area contributed by atoms with Crippen molar-refractivity contribution in [1.29, 1.82) is 0 Å². The summed E-state index contributed by atoms with van der Waals surface area (Å²) in [5.41, 5.74) is 4.44. The van der Waals surface area contributed by atoms with Gasteiger partial charge in [0.05, 0.1) is 17.1 Å². The minimum atomic E-state index is 0.998. The Hall–Kier alpha value is -1.61. The topological polar surface area (TPSA) is 24.4 Å². The van der Waals surface area contributed by atoms with Gasteiger partial charge in [-0.1, -0.05) is 12.1 Å². The number of aryl methyl sites for hydroxylation is 1. The standard InChI is InChI=1S/C12H10N2S/c1-8-9-6-13-10-4-2-3-5-11(10)14-12(9)7-15-8/h2-7,14H,1H3. The van der Waals surface area contributed by atoms with Crippen molar-refractivity contribution in [3.8, 4) is 0 Å². The number of aliphatic imine (C=N–C) groups is 1. The van der Waals surface area contributed by atoms with Crippen LogP contribution in [0, 0.1) is 6.92 Å². The van der Waals surface area contributed by atoms with Crippen LogP contribution < -0.4 is 5.32 Å². The highest BCUT2D eigenvalue weighted by atomic mass is 32.1. The fraction of sp³-hybridized carbons (Fsp3) is 0.0833. The van der Waals surface area contributed by atoms with Gasteiger partial charge in [-0.2, -0.15) is 0 Å². The normalized spacial score (nSPS) is 12.6. The summed E-state index contributed by atoms with van der Waals surface area (Å²) < 4.78 is 0. The van der Waals surface area contributed by atoms with Crippen molar-refractivity contribution in [3.05, 3.63) is 40.1 Å². The lowest BCUT2D eigenvalue weighted by atomic mass is 10.2. The number of fused-ring (bicyclic) bond motifs is 2. The van der Waals surface area contributed by atoms with Crippen LogP contribution in [0.15, 0.2) is 34.6 Å². The van der Waals surface area contributed by atoms with E-state index < -0.39 is 0 Å². The number of nitrogens with zero attached hydrogens (tertiary/aromatic N) is 1. The molecule has 0 saturated heterocycles. The number of thiophene rings is 1. The Morgan fingerprint density at radius 1 is 1.20 bits per heavy atom. The number of anilines is 2. The molecule has 0 unspecified atom stereocenters. The first-order valence-electron chi connectivity index (χ1n) is 4.83. The molecule has 2 aromatic rings. The van der Waals surface area contributed by atoms with Gasteiger partial charge in [-0.3, -0.25) is 4.99 Å². The summed E-state index contributed by atoms with van der Waals surface area (Å²) in [6.45, 7) is 2.12. The smallest absolute Gasteiger partial charge is 0.0864 e. The first-order chi connectivity index (χ1) is 7.34. The minimum absolute atomic E-state index is 0.998. The predicted octanol–water partition coefficient (Wildman–Crippen LogP) is 3.86. The second-order valence-corrected chi connectivity index (χ2v) is 4.60. The number of para-hydroxylation sites is 2. The average Bonchev–Trinajstić information content (AvgIpc) is 2.51. The lowest BCUT2D eigenvalue weighted by Gasteiger charge is -2.04. The Morgan fingerprint density at radius 2 is 2.07 bits per heavy atom. The van der Waals surface area contributed by atoms with Crippen molar-refractivity contribution in [3.63, 3.8) is 0 Å². The van der Waals surface area contributed by atoms with Gasteiger partial charge < -0.3 is 5.32 Å². The lowest BCUT2D eigenvalue weighted by Crippen LogP contribution is -1.89. The zero-order chi connectivity index (χ0) is 10.3. The van der Waals surface area contributed by atoms with Crippen molar-refractivity contribution < 1.29 is 0 Å². The third-order valence-corrected chi connectivity index (χ3v) is 3.46. The highest BCUT2D eigenvalue weighted by Gasteiger charge is 2.11. The van der Waals surface area contributed by atoms with Crippen molar-refractivity contribution >= 4 is 34.6 Å². The second kappa shape index (κ2) is 3.21. The highest BCUT2D eigenvalue weighted by Crippen LogP contribution is 2.35. The van der Waals surface area contributed by atoms with Crippen molar-refractivity contribution in [2.75, 3.05) is 5.32 Å². The van der Waals surface area contributed by atoms with E-state index in [9.17, 15) is 0 Å². The number of rotatable bonds is 0. The third kappa shape index (κ3) is 1.36. The Morgan fingerprint density at radius 3 is 3.00 bits per heavy atom. The molecule has 0 aliphatic carbocycles. The number of hydrogen-bond acceptors (Lipinski definition) is 3. The first-order valence-corrected chi connectivity index (χ1v) is 5.71. The Bertz CT molecular complexity index is 540. The summed E-state index contributed by atoms with van der Waals surface area (Å²) in [4.78, 5) is 5.78. The molecule has 74 valence electrons. The fourth-order valence-electron chi connectivity index (χ4n) is 1.69. The molecule has 3 rings (SSSR count). The molecule has 0 atom stereocenters. The maximum absolute atomic E-state index is 4.48. The quantitative estimate of drug-likeness (QED) is 0.603. The SMILES string of the molecule is Cc1scc2c1C=Nc1ccccc1N2. The van der Waals surface area contributed by atoms with Gasteiger partial charge in [0, 0.05) is 22.0 Å². The molecule has 3 heteroatoms. The summed E-state index contributed by atoms with van der Waals surface area (Å²) in [7, 11) is 0. The van der Waals surface area contributed by atoms with Crippen LogP contribution in [0.4, 0.5) is 17.1 Å². The lowest BCUT2D eigenvalue weighted by molar-refractivity contribution is 1.52. The summed E-state index contributed by atoms with van der Waals surface area (Å²) in [6, 6.07) is 8.09. The van der Waals surface area contributed by atoms with E-state index in [1.165, 1.54) is 10.4 Å². The molecule has 15 heavy (non-hydrogen) atoms. The molecule has 1 N–H and O–H groups in total. The molecule has 0 fully saturated rings. The third-order valence-electron chi connectivity index (χ3n) is 2.53. The van der Waals surface area contributed by atoms with Gasteiger partial charge in [-0.25, -0.2) is 0 Å². The van der Waals surface area contributed by atoms with Gasteiger partial charge in [-0.15, -0.1) is 11.3 Å². The monoisotopic (exact) mass is 214 g/mol. The summed E-state index contributed by atoms with van der Waals surface area (Å²) in [6.07, 6.45) is 1.94. The maximum Gasteiger partial charge on any atom is 0.0864 e. The number of benzene rings is 1. The summed E-state index contributed by atoms with van der Waals surface area (Å²) in [5, 5.41) is 5.55. The molecule has 0 radical (unpaired) electrons. The Kier molecular flexibility index (Phi) is 1.86. The van der Waals surface area contributed by atoms with Crippen LogP contribution in [0.25, 0.3) is 0 Å². The van der Waals surface area contributed by atoms with E-state index in [2.05, 4.69) is 28.7 Å². The molecule has 0 saturated carbocycles. The second-order valence-electron chi connectivity index (χ2n) is 3.52. The van der Waals surface area contributed by atoms with Crippen LogP contribution in [0.1, 0.15) is 10.4 Å². The molecule has 2 nitrogen and oxygen atoms in total. The van der Waals surface area contributed by atoms with E-state index in [1.807, 2.05) is 24.4 Å². The summed E-state index contributed by atoms with van der Waals surface area (Å²) >= 11 is 1.75. The Balaban J connectivity index is 2.20. The molecule has 1 aromatic carbocycles. The molecular formula is C12H10N2S. The molecular weight excluding hydrogens is 204 g/mol. The van der Waals surface area contributed by atoms with E-state index in [1.54, 1.807) is 11.3 Å². The predicted molar refractivity (Wildman–Crippen MR) is 66.0 cm³/mol. The van der Waals surface area contributed by atoms with E-state index in [-0.39, 0.29) is 0 Å². The zero-order valence-corrected chi connectivity index (χ0v) is 9.14. The molecule has 0 spiro atoms. The zero-order valence-electron chi connectivity index (χ0n) is 8.32. The molecule has 1 aliphatic rings. The number of hydrogen-bond donors (Lipinski definition) is 1. The van der Waals surface area contributed by atoms with Crippen molar-refractivity contribution in [2.24, 2.45) is 4.99 Å². The van der Waals surface area contributed by atoms with Gasteiger partial charge in [0.15, 0.2) is 0 Å². The fourth-order valence-corrected chi connectivity index (χ4v) is 2.46. The molecule has 2 heterocycles. The van der Waals surface area contributed by atoms with Crippen molar-refractivity contribution in [2.45, 2.75) is 6.92 Å². The molecule has 1 aromatic heterocycles. The van der Waals surface area contributed by atoms with Gasteiger partial charge in [0.1, 0.15) is 0 Å². The summed E-state index contributed by atoms with van der Waals surface area (Å²) in [5.74, 6) is 0. The molecule has 0 bridgehead atoms. The van der Waals surface area contributed by atoms with Crippen LogP contribution in [-0.4, -0.2) is 6.21 Å². The van der Waals surface area contributed by atoms with Gasteiger partial charge in [-0.05, 0) is 19.1 Å². The van der Waals surface area contributed by atoms with Crippen LogP contribution in [0.3, 0.4) is 0 Å². The number of nitrogens with one attached hydrogen (secondary N) is 1. The molecule has 1 aliphatic heterocycles. The first kappa shape index (κ1) is 8.68. The van der Waals surface area contributed by atoms with E-state index in [4.69, 9.17) is 0 Å². The van der Waals surface area contributed by atoms with E-state index in [0.29, 0.717) is 0 Å². The average molecular weight is 214 g/mol. The van der Waals surface area contributed by atoms with E-state index in [0.717, 1.165) is 17.1 Å². The highest BCUT2D eigenvalue weighted by molar-refractivity contribution is 7.10. The molecule has 0 amide bonds. The van der Waals surface area contributed by atoms with Crippen LogP contribution in [0.2, 0.25) is 0 Å². The van der Waals surface area contributed by atoms with Crippen LogP contribution >= 0.6 is 11.3 Å². The van der Waals surface area contributed by atoms with Gasteiger partial charge in [0.2, 0.25) is 0 Å². The maximum atomic E-state index is 4.48. The van der Waals surface area contributed by atoms with E-state index >= 15 is 0 Å². The largest absolute Gasteiger partial charge is 0.353 e. The minimum Gasteiger partial charge on any atom is -0.353 e. The van der Waals surface area contributed by atoms with Gasteiger partial charge in [0.25, 0.3) is 0 Å². The van der Waals surface area contributed by atoms with Gasteiger partial charge >= 0.3 is 0 Å². The van der Waals surface area contributed by atoms with Crippen LogP contribution in [-0.2, 0) is 0 Å². The Labute approximate surface area is 92.3 Å². The van der Waals surface area contributed by atoms with Crippen molar-refractivity contribution in [1.82, 2.24) is 0 Å². The van der Waals surface area contributed by atoms with Crippen LogP contribution in [0.5, 0.6) is 0 Å².